The largest absolute Gasteiger partial charge is 0.467 e. The van der Waals surface area contributed by atoms with Crippen LogP contribution in [0.3, 0.4) is 0 Å². The van der Waals surface area contributed by atoms with E-state index in [-0.39, 0.29) is 17.7 Å². The maximum absolute atomic E-state index is 12.0. The van der Waals surface area contributed by atoms with Crippen LogP contribution in [-0.4, -0.2) is 55.7 Å². The number of ether oxygens (including phenoxy) is 1. The molecule has 0 spiro atoms. The van der Waals surface area contributed by atoms with Crippen LogP contribution in [-0.2, 0) is 14.0 Å². The summed E-state index contributed by atoms with van der Waals surface area (Å²) < 4.78 is 11.0. The number of carbonyl (C=O) groups is 2. The number of esters is 1. The minimum Gasteiger partial charge on any atom is -0.467 e. The highest BCUT2D eigenvalue weighted by atomic mass is 28.4. The quantitative estimate of drug-likeness (QED) is 0.640. The number of amides is 1. The Balaban J connectivity index is 2.97. The van der Waals surface area contributed by atoms with Crippen LogP contribution in [0.15, 0.2) is 0 Å². The Labute approximate surface area is 127 Å². The van der Waals surface area contributed by atoms with E-state index >= 15 is 0 Å². The lowest BCUT2D eigenvalue weighted by atomic mass is 9.99. The van der Waals surface area contributed by atoms with Gasteiger partial charge in [0.15, 0.2) is 8.32 Å². The van der Waals surface area contributed by atoms with Gasteiger partial charge >= 0.3 is 12.1 Å². The topological polar surface area (TPSA) is 76.1 Å². The average molecular weight is 317 g/mol. The van der Waals surface area contributed by atoms with Gasteiger partial charge in [-0.1, -0.05) is 20.8 Å². The predicted octanol–water partition coefficient (Wildman–Crippen LogP) is 2.69. The van der Waals surface area contributed by atoms with Gasteiger partial charge in [0, 0.05) is 6.42 Å². The second-order valence-corrected chi connectivity index (χ2v) is 12.1. The number of hydrogen-bond acceptors (Lipinski definition) is 4. The molecule has 7 heteroatoms. The van der Waals surface area contributed by atoms with Crippen LogP contribution < -0.4 is 0 Å². The third-order valence-corrected chi connectivity index (χ3v) is 9.27. The normalized spacial score (nSPS) is 26.8. The van der Waals surface area contributed by atoms with Crippen molar-refractivity contribution in [3.05, 3.63) is 0 Å². The fraction of sp³-hybridized carbons (Fsp3) is 0.857. The smallest absolute Gasteiger partial charge is 0.408 e. The fourth-order valence-corrected chi connectivity index (χ4v) is 3.74. The van der Waals surface area contributed by atoms with Gasteiger partial charge in [-0.2, -0.15) is 0 Å². The van der Waals surface area contributed by atoms with Crippen molar-refractivity contribution in [1.29, 1.82) is 0 Å². The van der Waals surface area contributed by atoms with Crippen molar-refractivity contribution in [1.82, 2.24) is 4.90 Å². The molecule has 0 aromatic rings. The lowest BCUT2D eigenvalue weighted by molar-refractivity contribution is -0.151. The molecule has 1 rings (SSSR count). The summed E-state index contributed by atoms with van der Waals surface area (Å²) in [4.78, 5) is 24.5. The molecule has 0 aromatic carbocycles. The Bertz CT molecular complexity index is 432. The first kappa shape index (κ1) is 18.0. The molecule has 122 valence electrons. The standard InChI is InChI=1S/C14H27NO5Si/c1-13(2,3)21(6,7)20-10-8-14(4,11(16)19-5)15(9-10)12(17)18/h10H,8-9H2,1-7H3,(H,17,18). The molecule has 1 heterocycles. The lowest BCUT2D eigenvalue weighted by Crippen LogP contribution is -2.50. The van der Waals surface area contributed by atoms with Crippen molar-refractivity contribution in [2.45, 2.75) is 63.9 Å². The van der Waals surface area contributed by atoms with Gasteiger partial charge < -0.3 is 14.3 Å². The van der Waals surface area contributed by atoms with Crippen LogP contribution in [0.1, 0.15) is 34.1 Å². The van der Waals surface area contributed by atoms with E-state index in [4.69, 9.17) is 9.16 Å². The number of methoxy groups -OCH3 is 1. The van der Waals surface area contributed by atoms with Crippen LogP contribution in [0.5, 0.6) is 0 Å². The van der Waals surface area contributed by atoms with Crippen LogP contribution >= 0.6 is 0 Å². The molecule has 2 unspecified atom stereocenters. The molecule has 0 bridgehead atoms. The van der Waals surface area contributed by atoms with Crippen LogP contribution in [0.25, 0.3) is 0 Å². The third kappa shape index (κ3) is 3.40. The van der Waals surface area contributed by atoms with Gasteiger partial charge in [0.05, 0.1) is 19.8 Å². The van der Waals surface area contributed by atoms with E-state index in [1.54, 1.807) is 6.92 Å². The Morgan fingerprint density at radius 2 is 1.86 bits per heavy atom. The lowest BCUT2D eigenvalue weighted by Gasteiger charge is -2.38. The molecular weight excluding hydrogens is 290 g/mol. The summed E-state index contributed by atoms with van der Waals surface area (Å²) in [5.74, 6) is -0.536. The molecule has 0 saturated carbocycles. The molecule has 0 aromatic heterocycles. The summed E-state index contributed by atoms with van der Waals surface area (Å²) in [5.41, 5.74) is -1.17. The van der Waals surface area contributed by atoms with Crippen molar-refractivity contribution >= 4 is 20.4 Å². The second-order valence-electron chi connectivity index (χ2n) is 7.36. The van der Waals surface area contributed by atoms with Gasteiger partial charge in [-0.25, -0.2) is 9.59 Å². The molecule has 6 nitrogen and oxygen atoms in total. The van der Waals surface area contributed by atoms with E-state index in [2.05, 4.69) is 33.9 Å². The Morgan fingerprint density at radius 1 is 1.33 bits per heavy atom. The average Bonchev–Trinajstić information content (AvgIpc) is 2.64. The molecule has 1 aliphatic heterocycles. The molecular formula is C14H27NO5Si. The number of likely N-dealkylation sites (tertiary alicyclic amines) is 1. The first-order chi connectivity index (χ1) is 9.35. The number of rotatable bonds is 3. The van der Waals surface area contributed by atoms with E-state index in [9.17, 15) is 14.7 Å². The highest BCUT2D eigenvalue weighted by Crippen LogP contribution is 2.40. The monoisotopic (exact) mass is 317 g/mol. The van der Waals surface area contributed by atoms with Gasteiger partial charge in [-0.3, -0.25) is 4.90 Å². The number of carbonyl (C=O) groups excluding carboxylic acids is 1. The van der Waals surface area contributed by atoms with Crippen molar-refractivity contribution < 1.29 is 23.9 Å². The molecule has 1 fully saturated rings. The number of hydrogen-bond donors (Lipinski definition) is 1. The maximum Gasteiger partial charge on any atom is 0.408 e. The van der Waals surface area contributed by atoms with Crippen molar-refractivity contribution in [3.8, 4) is 0 Å². The van der Waals surface area contributed by atoms with E-state index in [0.29, 0.717) is 6.42 Å². The summed E-state index contributed by atoms with van der Waals surface area (Å²) in [7, 11) is -0.740. The minimum atomic E-state index is -2.01. The first-order valence-electron chi connectivity index (χ1n) is 7.12. The Morgan fingerprint density at radius 3 is 2.24 bits per heavy atom. The SMILES string of the molecule is COC(=O)C1(C)CC(O[Si](C)(C)C(C)(C)C)CN1C(=O)O. The van der Waals surface area contributed by atoms with E-state index in [1.807, 2.05) is 0 Å². The van der Waals surface area contributed by atoms with Crippen LogP contribution in [0.4, 0.5) is 4.79 Å². The Hall–Kier alpha value is -1.08. The first-order valence-corrected chi connectivity index (χ1v) is 10.0. The second kappa shape index (κ2) is 5.60. The van der Waals surface area contributed by atoms with E-state index < -0.39 is 25.9 Å². The van der Waals surface area contributed by atoms with Crippen molar-refractivity contribution in [3.63, 3.8) is 0 Å². The summed E-state index contributed by atoms with van der Waals surface area (Å²) in [6.45, 7) is 12.4. The molecule has 0 radical (unpaired) electrons. The molecule has 1 saturated heterocycles. The van der Waals surface area contributed by atoms with Gasteiger partial charge in [0.1, 0.15) is 5.54 Å². The number of nitrogens with zero attached hydrogens (tertiary/aromatic N) is 1. The zero-order valence-electron chi connectivity index (χ0n) is 14.0. The van der Waals surface area contributed by atoms with Crippen LogP contribution in [0, 0.1) is 0 Å². The number of carboxylic acid groups (broad SMARTS) is 1. The summed E-state index contributed by atoms with van der Waals surface area (Å²) >= 11 is 0. The molecule has 1 aliphatic rings. The highest BCUT2D eigenvalue weighted by molar-refractivity contribution is 6.74. The predicted molar refractivity (Wildman–Crippen MR) is 81.8 cm³/mol. The third-order valence-electron chi connectivity index (χ3n) is 4.73. The fourth-order valence-electron chi connectivity index (χ4n) is 2.40. The van der Waals surface area contributed by atoms with Crippen LogP contribution in [0.2, 0.25) is 18.1 Å². The highest BCUT2D eigenvalue weighted by Gasteiger charge is 2.53. The molecule has 1 N–H and O–H groups in total. The van der Waals surface area contributed by atoms with E-state index in [1.165, 1.54) is 7.11 Å². The molecule has 1 amide bonds. The van der Waals surface area contributed by atoms with E-state index in [0.717, 1.165) is 4.90 Å². The summed E-state index contributed by atoms with van der Waals surface area (Å²) in [6.07, 6.45) is -1.06. The maximum atomic E-state index is 12.0. The molecule has 2 atom stereocenters. The minimum absolute atomic E-state index is 0.0330. The van der Waals surface area contributed by atoms with Gasteiger partial charge in [-0.05, 0) is 25.1 Å². The van der Waals surface area contributed by atoms with Gasteiger partial charge in [0.2, 0.25) is 0 Å². The zero-order valence-corrected chi connectivity index (χ0v) is 15.0. The van der Waals surface area contributed by atoms with Gasteiger partial charge in [-0.15, -0.1) is 0 Å². The molecule has 0 aliphatic carbocycles. The van der Waals surface area contributed by atoms with Crippen molar-refractivity contribution in [2.24, 2.45) is 0 Å². The van der Waals surface area contributed by atoms with Crippen molar-refractivity contribution in [2.75, 3.05) is 13.7 Å². The summed E-state index contributed by atoms with van der Waals surface area (Å²) in [5, 5.41) is 9.38. The molecule has 21 heavy (non-hydrogen) atoms. The summed E-state index contributed by atoms with van der Waals surface area (Å²) in [6, 6.07) is 0. The zero-order chi connectivity index (χ0) is 16.6. The van der Waals surface area contributed by atoms with Gasteiger partial charge in [0.25, 0.3) is 0 Å². The Kier molecular flexibility index (Phi) is 4.80.